The Hall–Kier alpha value is -1.59. The lowest BCUT2D eigenvalue weighted by molar-refractivity contribution is -0.153. The van der Waals surface area contributed by atoms with E-state index < -0.39 is 17.5 Å². The van der Waals surface area contributed by atoms with Crippen LogP contribution in [0.3, 0.4) is 0 Å². The van der Waals surface area contributed by atoms with Crippen LogP contribution in [0.2, 0.25) is 0 Å². The van der Waals surface area contributed by atoms with Gasteiger partial charge in [-0.2, -0.15) is 0 Å². The van der Waals surface area contributed by atoms with E-state index in [4.69, 9.17) is 5.11 Å². The Bertz CT molecular complexity index is 294. The topological polar surface area (TPSA) is 83.9 Å². The molecule has 0 bridgehead atoms. The Balaban J connectivity index is 2.66. The highest BCUT2D eigenvalue weighted by Gasteiger charge is 2.42. The third-order valence-electron chi connectivity index (χ3n) is 3.08. The molecule has 0 aromatic carbocycles. The van der Waals surface area contributed by atoms with Gasteiger partial charge in [-0.3, -0.25) is 4.79 Å². The summed E-state index contributed by atoms with van der Waals surface area (Å²) in [5.74, 6) is -0.968. The molecule has 6 nitrogen and oxygen atoms in total. The molecular formula is C10H15NO5. The molecule has 6 heteroatoms. The predicted molar refractivity (Wildman–Crippen MR) is 54.0 cm³/mol. The van der Waals surface area contributed by atoms with Gasteiger partial charge in [-0.1, -0.05) is 0 Å². The molecule has 1 heterocycles. The van der Waals surface area contributed by atoms with Gasteiger partial charge in [0.2, 0.25) is 0 Å². The molecule has 1 saturated heterocycles. The van der Waals surface area contributed by atoms with Crippen LogP contribution in [0.15, 0.2) is 0 Å². The van der Waals surface area contributed by atoms with E-state index in [9.17, 15) is 14.4 Å². The normalized spacial score (nSPS) is 18.9. The van der Waals surface area contributed by atoms with Gasteiger partial charge in [0, 0.05) is 19.5 Å². The Morgan fingerprint density at radius 3 is 2.38 bits per heavy atom. The van der Waals surface area contributed by atoms with Crippen molar-refractivity contribution < 1.29 is 24.2 Å². The number of piperidine rings is 1. The van der Waals surface area contributed by atoms with Gasteiger partial charge in [-0.05, 0) is 12.8 Å². The van der Waals surface area contributed by atoms with Crippen molar-refractivity contribution in [2.75, 3.05) is 20.2 Å². The fourth-order valence-electron chi connectivity index (χ4n) is 1.91. The highest BCUT2D eigenvalue weighted by atomic mass is 16.5. The molecule has 1 aliphatic heterocycles. The van der Waals surface area contributed by atoms with Crippen LogP contribution in [-0.4, -0.2) is 48.6 Å². The molecule has 1 N–H and O–H groups in total. The Morgan fingerprint density at radius 2 is 2.00 bits per heavy atom. The van der Waals surface area contributed by atoms with Gasteiger partial charge < -0.3 is 19.5 Å². The first-order chi connectivity index (χ1) is 7.55. The molecule has 0 aromatic rings. The maximum absolute atomic E-state index is 11.2. The number of hydrogen-bond acceptors (Lipinski definition) is 4. The molecule has 0 aromatic heterocycles. The summed E-state index contributed by atoms with van der Waals surface area (Å²) >= 11 is 0. The number of rotatable bonds is 3. The first-order valence-electron chi connectivity index (χ1n) is 5.05. The fourth-order valence-corrected chi connectivity index (χ4v) is 1.91. The Labute approximate surface area is 93.2 Å². The molecule has 1 rings (SSSR count). The van der Waals surface area contributed by atoms with Gasteiger partial charge in [0.05, 0.1) is 12.5 Å². The van der Waals surface area contributed by atoms with Crippen LogP contribution in [0.4, 0.5) is 4.79 Å². The minimum absolute atomic E-state index is 0.00263. The molecule has 0 radical (unpaired) electrons. The summed E-state index contributed by atoms with van der Waals surface area (Å²) in [7, 11) is 1.28. The summed E-state index contributed by atoms with van der Waals surface area (Å²) in [6, 6.07) is 0. The smallest absolute Gasteiger partial charge is 0.409 e. The number of carbonyl (C=O) groups is 3. The molecule has 0 spiro atoms. The van der Waals surface area contributed by atoms with Crippen molar-refractivity contribution in [3.63, 3.8) is 0 Å². The van der Waals surface area contributed by atoms with E-state index in [1.165, 1.54) is 12.0 Å². The van der Waals surface area contributed by atoms with Crippen molar-refractivity contribution in [3.8, 4) is 0 Å². The number of nitrogens with zero attached hydrogens (tertiary/aromatic N) is 1. The number of aliphatic carboxylic acids is 1. The van der Waals surface area contributed by atoms with Crippen LogP contribution in [0.25, 0.3) is 0 Å². The van der Waals surface area contributed by atoms with Gasteiger partial charge in [-0.15, -0.1) is 0 Å². The number of hydrogen-bond donors (Lipinski definition) is 1. The number of carboxylic acid groups (broad SMARTS) is 1. The first-order valence-corrected chi connectivity index (χ1v) is 5.05. The molecule has 0 atom stereocenters. The minimum atomic E-state index is -1.01. The summed E-state index contributed by atoms with van der Waals surface area (Å²) in [5, 5.41) is 9.11. The van der Waals surface area contributed by atoms with Crippen molar-refractivity contribution in [2.24, 2.45) is 5.41 Å². The Kier molecular flexibility index (Phi) is 3.87. The average Bonchev–Trinajstić information content (AvgIpc) is 2.29. The molecule has 1 aliphatic rings. The number of ether oxygens (including phenoxy) is 1. The standard InChI is InChI=1S/C10H15NO5/c1-16-9(15)11-5-2-10(3-6-11,4-7-12)8(13)14/h7H,2-6H2,1H3,(H,13,14). The lowest BCUT2D eigenvalue weighted by Gasteiger charge is -2.37. The maximum Gasteiger partial charge on any atom is 0.409 e. The van der Waals surface area contributed by atoms with Crippen LogP contribution in [0, 0.1) is 5.41 Å². The highest BCUT2D eigenvalue weighted by Crippen LogP contribution is 2.34. The minimum Gasteiger partial charge on any atom is -0.481 e. The van der Waals surface area contributed by atoms with E-state index in [1.807, 2.05) is 0 Å². The van der Waals surface area contributed by atoms with Crippen molar-refractivity contribution in [1.29, 1.82) is 0 Å². The average molecular weight is 229 g/mol. The number of carboxylic acids is 1. The van der Waals surface area contributed by atoms with Crippen molar-refractivity contribution >= 4 is 18.3 Å². The molecule has 90 valence electrons. The van der Waals surface area contributed by atoms with E-state index in [-0.39, 0.29) is 19.3 Å². The predicted octanol–water partition coefficient (Wildman–Crippen LogP) is 0.509. The van der Waals surface area contributed by atoms with Crippen molar-refractivity contribution in [2.45, 2.75) is 19.3 Å². The van der Waals surface area contributed by atoms with Crippen LogP contribution in [-0.2, 0) is 14.3 Å². The molecule has 1 fully saturated rings. The monoisotopic (exact) mass is 229 g/mol. The zero-order valence-corrected chi connectivity index (χ0v) is 9.14. The zero-order valence-electron chi connectivity index (χ0n) is 9.14. The number of aldehydes is 1. The van der Waals surface area contributed by atoms with Crippen LogP contribution < -0.4 is 0 Å². The molecule has 16 heavy (non-hydrogen) atoms. The summed E-state index contributed by atoms with van der Waals surface area (Å²) in [6.45, 7) is 0.625. The van der Waals surface area contributed by atoms with Crippen molar-refractivity contribution in [3.05, 3.63) is 0 Å². The molecule has 0 aliphatic carbocycles. The lowest BCUT2D eigenvalue weighted by atomic mass is 9.76. The summed E-state index contributed by atoms with van der Waals surface area (Å²) in [5.41, 5.74) is -1.01. The molecular weight excluding hydrogens is 214 g/mol. The zero-order chi connectivity index (χ0) is 12.2. The van der Waals surface area contributed by atoms with E-state index in [0.717, 1.165) is 0 Å². The number of likely N-dealkylation sites (tertiary alicyclic amines) is 1. The summed E-state index contributed by atoms with van der Waals surface area (Å²) in [4.78, 5) is 34.2. The maximum atomic E-state index is 11.2. The second-order valence-electron chi connectivity index (χ2n) is 3.91. The molecule has 1 amide bonds. The first kappa shape index (κ1) is 12.5. The molecule has 0 saturated carbocycles. The van der Waals surface area contributed by atoms with E-state index >= 15 is 0 Å². The van der Waals surface area contributed by atoms with Gasteiger partial charge in [0.25, 0.3) is 0 Å². The van der Waals surface area contributed by atoms with E-state index in [1.54, 1.807) is 0 Å². The number of carbonyl (C=O) groups excluding carboxylic acids is 2. The second-order valence-corrected chi connectivity index (χ2v) is 3.91. The third-order valence-corrected chi connectivity index (χ3v) is 3.08. The van der Waals surface area contributed by atoms with E-state index in [0.29, 0.717) is 19.4 Å². The summed E-state index contributed by atoms with van der Waals surface area (Å²) in [6.07, 6.45) is 0.746. The van der Waals surface area contributed by atoms with Crippen LogP contribution >= 0.6 is 0 Å². The molecule has 0 unspecified atom stereocenters. The van der Waals surface area contributed by atoms with Crippen LogP contribution in [0.5, 0.6) is 0 Å². The Morgan fingerprint density at radius 1 is 1.44 bits per heavy atom. The van der Waals surface area contributed by atoms with Gasteiger partial charge in [-0.25, -0.2) is 4.79 Å². The lowest BCUT2D eigenvalue weighted by Crippen LogP contribution is -2.46. The van der Waals surface area contributed by atoms with Crippen LogP contribution in [0.1, 0.15) is 19.3 Å². The second kappa shape index (κ2) is 4.96. The quantitative estimate of drug-likeness (QED) is 0.713. The number of amides is 1. The fraction of sp³-hybridized carbons (Fsp3) is 0.700. The van der Waals surface area contributed by atoms with Crippen molar-refractivity contribution in [1.82, 2.24) is 4.90 Å². The third kappa shape index (κ3) is 2.32. The number of methoxy groups -OCH3 is 1. The highest BCUT2D eigenvalue weighted by molar-refractivity contribution is 5.78. The van der Waals surface area contributed by atoms with Gasteiger partial charge >= 0.3 is 12.1 Å². The van der Waals surface area contributed by atoms with Gasteiger partial charge in [0.1, 0.15) is 6.29 Å². The van der Waals surface area contributed by atoms with E-state index in [2.05, 4.69) is 4.74 Å². The SMILES string of the molecule is COC(=O)N1CCC(CC=O)(C(=O)O)CC1. The van der Waals surface area contributed by atoms with Gasteiger partial charge in [0.15, 0.2) is 0 Å². The largest absolute Gasteiger partial charge is 0.481 e. The summed E-state index contributed by atoms with van der Waals surface area (Å²) < 4.78 is 4.55.